The Labute approximate surface area is 132 Å². The van der Waals surface area contributed by atoms with Crippen molar-refractivity contribution in [2.75, 3.05) is 6.54 Å². The highest BCUT2D eigenvalue weighted by atomic mass is 32.2. The maximum absolute atomic E-state index is 12.7. The fourth-order valence-corrected chi connectivity index (χ4v) is 4.14. The molecule has 1 aromatic carbocycles. The average molecular weight is 326 g/mol. The van der Waals surface area contributed by atoms with E-state index >= 15 is 0 Å². The molecule has 0 saturated heterocycles. The van der Waals surface area contributed by atoms with Crippen LogP contribution in [0.15, 0.2) is 29.2 Å². The zero-order valence-corrected chi connectivity index (χ0v) is 14.1. The third-order valence-electron chi connectivity index (χ3n) is 3.62. The molecule has 1 aliphatic carbocycles. The molecular formula is C15H22N2O2S2. The Bertz CT molecular complexity index is 605. The standard InChI is InChI=1S/C15H22N2O2S2/c1-11(2)17(10-13-3-4-13)21(18,19)14-7-5-12(6-8-14)9-15(16)20/h5-8,11,13H,3-4,9-10H2,1-2H3,(H2,16,20). The van der Waals surface area contributed by atoms with Gasteiger partial charge in [-0.1, -0.05) is 24.4 Å². The van der Waals surface area contributed by atoms with E-state index in [9.17, 15) is 8.42 Å². The van der Waals surface area contributed by atoms with Gasteiger partial charge in [-0.05, 0) is 50.3 Å². The van der Waals surface area contributed by atoms with Gasteiger partial charge in [0.1, 0.15) is 0 Å². The van der Waals surface area contributed by atoms with E-state index in [1.165, 1.54) is 0 Å². The van der Waals surface area contributed by atoms with Crippen molar-refractivity contribution in [3.05, 3.63) is 29.8 Å². The highest BCUT2D eigenvalue weighted by Crippen LogP contribution is 2.32. The monoisotopic (exact) mass is 326 g/mol. The van der Waals surface area contributed by atoms with Crippen LogP contribution in [0.5, 0.6) is 0 Å². The number of nitrogens with zero attached hydrogens (tertiary/aromatic N) is 1. The molecule has 0 aliphatic heterocycles. The zero-order valence-electron chi connectivity index (χ0n) is 12.5. The summed E-state index contributed by atoms with van der Waals surface area (Å²) in [6.45, 7) is 4.46. The lowest BCUT2D eigenvalue weighted by Crippen LogP contribution is -2.38. The van der Waals surface area contributed by atoms with E-state index in [1.807, 2.05) is 13.8 Å². The van der Waals surface area contributed by atoms with Gasteiger partial charge in [0.05, 0.1) is 9.88 Å². The first-order valence-electron chi connectivity index (χ1n) is 7.20. The molecule has 0 bridgehead atoms. The Kier molecular flexibility index (Phi) is 5.01. The predicted octanol–water partition coefficient (Wildman–Crippen LogP) is 2.32. The highest BCUT2D eigenvalue weighted by Gasteiger charge is 2.33. The number of nitrogens with two attached hydrogens (primary N) is 1. The lowest BCUT2D eigenvalue weighted by molar-refractivity contribution is 0.342. The number of rotatable bonds is 7. The third kappa shape index (κ3) is 4.25. The molecule has 0 unspecified atom stereocenters. The summed E-state index contributed by atoms with van der Waals surface area (Å²) in [6.07, 6.45) is 2.75. The van der Waals surface area contributed by atoms with Crippen molar-refractivity contribution in [2.45, 2.75) is 44.0 Å². The Morgan fingerprint density at radius 2 is 1.90 bits per heavy atom. The molecule has 0 spiro atoms. The SMILES string of the molecule is CC(C)N(CC1CC1)S(=O)(=O)c1ccc(CC(N)=S)cc1. The lowest BCUT2D eigenvalue weighted by Gasteiger charge is -2.26. The van der Waals surface area contributed by atoms with Gasteiger partial charge in [-0.25, -0.2) is 8.42 Å². The van der Waals surface area contributed by atoms with Crippen LogP contribution in [0.1, 0.15) is 32.3 Å². The molecule has 1 fully saturated rings. The van der Waals surface area contributed by atoms with Crippen LogP contribution >= 0.6 is 12.2 Å². The summed E-state index contributed by atoms with van der Waals surface area (Å²) in [6, 6.07) is 6.81. The van der Waals surface area contributed by atoms with Crippen LogP contribution in [0.4, 0.5) is 0 Å². The summed E-state index contributed by atoms with van der Waals surface area (Å²) in [5.74, 6) is 0.524. The van der Waals surface area contributed by atoms with Crippen LogP contribution in [-0.2, 0) is 16.4 Å². The second-order valence-electron chi connectivity index (χ2n) is 5.90. The van der Waals surface area contributed by atoms with Gasteiger partial charge in [-0.3, -0.25) is 0 Å². The van der Waals surface area contributed by atoms with Crippen molar-refractivity contribution in [3.63, 3.8) is 0 Å². The summed E-state index contributed by atoms with van der Waals surface area (Å²) in [5, 5.41) is 0. The molecule has 6 heteroatoms. The summed E-state index contributed by atoms with van der Waals surface area (Å²) < 4.78 is 27.1. The minimum absolute atomic E-state index is 0.0353. The Hall–Kier alpha value is -0.980. The van der Waals surface area contributed by atoms with Crippen LogP contribution in [0.25, 0.3) is 0 Å². The topological polar surface area (TPSA) is 63.4 Å². The summed E-state index contributed by atoms with van der Waals surface area (Å²) in [4.78, 5) is 0.742. The lowest BCUT2D eigenvalue weighted by atomic mass is 10.1. The molecule has 0 heterocycles. The molecular weight excluding hydrogens is 304 g/mol. The molecule has 116 valence electrons. The molecule has 4 nitrogen and oxygen atoms in total. The van der Waals surface area contributed by atoms with Gasteiger partial charge >= 0.3 is 0 Å². The van der Waals surface area contributed by atoms with Crippen molar-refractivity contribution >= 4 is 27.2 Å². The van der Waals surface area contributed by atoms with E-state index < -0.39 is 10.0 Å². The first kappa shape index (κ1) is 16.4. The van der Waals surface area contributed by atoms with Crippen molar-refractivity contribution < 1.29 is 8.42 Å². The van der Waals surface area contributed by atoms with Crippen LogP contribution in [0.3, 0.4) is 0 Å². The van der Waals surface area contributed by atoms with Gasteiger partial charge in [0.25, 0.3) is 0 Å². The molecule has 2 rings (SSSR count). The maximum atomic E-state index is 12.7. The van der Waals surface area contributed by atoms with Crippen molar-refractivity contribution in [1.82, 2.24) is 4.31 Å². The molecule has 0 atom stereocenters. The van der Waals surface area contributed by atoms with Crippen molar-refractivity contribution in [3.8, 4) is 0 Å². The molecule has 2 N–H and O–H groups in total. The van der Waals surface area contributed by atoms with E-state index in [0.29, 0.717) is 28.8 Å². The summed E-state index contributed by atoms with van der Waals surface area (Å²) >= 11 is 4.87. The van der Waals surface area contributed by atoms with Crippen molar-refractivity contribution in [1.29, 1.82) is 0 Å². The Balaban J connectivity index is 2.22. The minimum atomic E-state index is -3.43. The highest BCUT2D eigenvalue weighted by molar-refractivity contribution is 7.89. The van der Waals surface area contributed by atoms with E-state index in [0.717, 1.165) is 18.4 Å². The molecule has 0 amide bonds. The number of thiocarbonyl (C=S) groups is 1. The average Bonchev–Trinajstić information content (AvgIpc) is 3.19. The van der Waals surface area contributed by atoms with Gasteiger partial charge < -0.3 is 5.73 Å². The second-order valence-corrected chi connectivity index (χ2v) is 8.31. The van der Waals surface area contributed by atoms with Crippen LogP contribution in [0, 0.1) is 5.92 Å². The van der Waals surface area contributed by atoms with E-state index in [-0.39, 0.29) is 6.04 Å². The van der Waals surface area contributed by atoms with E-state index in [4.69, 9.17) is 18.0 Å². The smallest absolute Gasteiger partial charge is 0.243 e. The summed E-state index contributed by atoms with van der Waals surface area (Å²) in [7, 11) is -3.43. The third-order valence-corrected chi connectivity index (χ3v) is 5.82. The maximum Gasteiger partial charge on any atom is 0.243 e. The van der Waals surface area contributed by atoms with Gasteiger partial charge in [0, 0.05) is 19.0 Å². The molecule has 1 aromatic rings. The van der Waals surface area contributed by atoms with E-state index in [2.05, 4.69) is 0 Å². The normalized spacial score (nSPS) is 15.6. The first-order chi connectivity index (χ1) is 9.80. The minimum Gasteiger partial charge on any atom is -0.393 e. The molecule has 0 radical (unpaired) electrons. The molecule has 0 aromatic heterocycles. The summed E-state index contributed by atoms with van der Waals surface area (Å²) in [5.41, 5.74) is 6.43. The van der Waals surface area contributed by atoms with E-state index in [1.54, 1.807) is 28.6 Å². The Morgan fingerprint density at radius 1 is 1.33 bits per heavy atom. The zero-order chi connectivity index (χ0) is 15.6. The Morgan fingerprint density at radius 3 is 2.33 bits per heavy atom. The number of hydrogen-bond acceptors (Lipinski definition) is 3. The number of sulfonamides is 1. The van der Waals surface area contributed by atoms with Gasteiger partial charge in [-0.15, -0.1) is 0 Å². The first-order valence-corrected chi connectivity index (χ1v) is 9.04. The number of benzene rings is 1. The van der Waals surface area contributed by atoms with Gasteiger partial charge in [0.2, 0.25) is 10.0 Å². The van der Waals surface area contributed by atoms with Crippen molar-refractivity contribution in [2.24, 2.45) is 11.7 Å². The van der Waals surface area contributed by atoms with Gasteiger partial charge in [-0.2, -0.15) is 4.31 Å². The largest absolute Gasteiger partial charge is 0.393 e. The van der Waals surface area contributed by atoms with Crippen LogP contribution in [0.2, 0.25) is 0 Å². The fraction of sp³-hybridized carbons (Fsp3) is 0.533. The predicted molar refractivity (Wildman–Crippen MR) is 88.7 cm³/mol. The quantitative estimate of drug-likeness (QED) is 0.781. The van der Waals surface area contributed by atoms with Crippen LogP contribution < -0.4 is 5.73 Å². The van der Waals surface area contributed by atoms with Crippen LogP contribution in [-0.4, -0.2) is 30.3 Å². The number of hydrogen-bond donors (Lipinski definition) is 1. The molecule has 1 saturated carbocycles. The molecule has 21 heavy (non-hydrogen) atoms. The second kappa shape index (κ2) is 6.42. The molecule has 1 aliphatic rings. The van der Waals surface area contributed by atoms with Gasteiger partial charge in [0.15, 0.2) is 0 Å². The fourth-order valence-electron chi connectivity index (χ4n) is 2.26.